The summed E-state index contributed by atoms with van der Waals surface area (Å²) in [6.07, 6.45) is 3.37. The van der Waals surface area contributed by atoms with E-state index in [2.05, 4.69) is 87.2 Å². The van der Waals surface area contributed by atoms with Crippen LogP contribution in [0, 0.1) is 0 Å². The van der Waals surface area contributed by atoms with Crippen LogP contribution in [0.4, 0.5) is 0 Å². The van der Waals surface area contributed by atoms with Crippen molar-refractivity contribution in [1.82, 2.24) is 14.5 Å². The molecule has 0 N–H and O–H groups in total. The molecule has 2 heterocycles. The fourth-order valence-electron chi connectivity index (χ4n) is 5.09. The summed E-state index contributed by atoms with van der Waals surface area (Å²) in [6.45, 7) is 2.36. The number of aromatic nitrogens is 2. The van der Waals surface area contributed by atoms with Crippen molar-refractivity contribution in [2.45, 2.75) is 25.8 Å². The minimum Gasteiger partial charge on any atom is -0.339 e. The molecule has 0 unspecified atom stereocenters. The van der Waals surface area contributed by atoms with Crippen LogP contribution in [-0.4, -0.2) is 33.4 Å². The Bertz CT molecular complexity index is 1530. The number of rotatable bonds is 4. The maximum atomic E-state index is 13.3. The van der Waals surface area contributed by atoms with Gasteiger partial charge in [0.15, 0.2) is 0 Å². The van der Waals surface area contributed by atoms with Gasteiger partial charge in [-0.05, 0) is 65.9 Å². The van der Waals surface area contributed by atoms with Gasteiger partial charge >= 0.3 is 0 Å². The zero-order chi connectivity index (χ0) is 23.8. The first-order chi connectivity index (χ1) is 17.2. The van der Waals surface area contributed by atoms with E-state index in [9.17, 15) is 4.79 Å². The minimum atomic E-state index is 0.120. The van der Waals surface area contributed by atoms with E-state index < -0.39 is 0 Å². The first-order valence-corrected chi connectivity index (χ1v) is 13.0. The summed E-state index contributed by atoms with van der Waals surface area (Å²) in [6, 6.07) is 29.2. The van der Waals surface area contributed by atoms with Gasteiger partial charge < -0.3 is 9.47 Å². The number of nitrogens with zero attached hydrogens (tertiary/aromatic N) is 3. The third kappa shape index (κ3) is 4.25. The number of fused-ring (bicyclic) bond motifs is 2. The molecule has 1 aliphatic heterocycles. The molecule has 1 amide bonds. The van der Waals surface area contributed by atoms with Crippen LogP contribution >= 0.6 is 15.9 Å². The highest BCUT2D eigenvalue weighted by atomic mass is 79.9. The minimum absolute atomic E-state index is 0.120. The van der Waals surface area contributed by atoms with Crippen LogP contribution < -0.4 is 0 Å². The fraction of sp³-hybridized carbons (Fsp3) is 0.200. The highest BCUT2D eigenvalue weighted by molar-refractivity contribution is 9.10. The maximum Gasteiger partial charge on any atom is 0.253 e. The van der Waals surface area contributed by atoms with Gasteiger partial charge in [-0.15, -0.1) is 0 Å². The summed E-state index contributed by atoms with van der Waals surface area (Å²) in [5.74, 6) is 1.04. The standard InChI is InChI=1S/C30H26BrN3O/c31-24-14-11-21(12-15-24)20-34-28-19-23(30(35)33-17-4-1-5-18-33)13-16-27(28)32-29(34)26-10-6-8-22-7-2-3-9-25(22)26/h2-3,6-16,19H,1,4-5,17-18,20H2. The molecular weight excluding hydrogens is 498 g/mol. The van der Waals surface area contributed by atoms with Gasteiger partial charge in [-0.1, -0.05) is 70.5 Å². The van der Waals surface area contributed by atoms with E-state index in [-0.39, 0.29) is 5.91 Å². The Labute approximate surface area is 213 Å². The monoisotopic (exact) mass is 523 g/mol. The van der Waals surface area contributed by atoms with Gasteiger partial charge in [-0.2, -0.15) is 0 Å². The van der Waals surface area contributed by atoms with Gasteiger partial charge in [-0.3, -0.25) is 4.79 Å². The molecule has 174 valence electrons. The lowest BCUT2D eigenvalue weighted by molar-refractivity contribution is 0.0724. The van der Waals surface area contributed by atoms with Crippen molar-refractivity contribution >= 4 is 43.6 Å². The second-order valence-corrected chi connectivity index (χ2v) is 10.1. The van der Waals surface area contributed by atoms with Crippen molar-refractivity contribution in [1.29, 1.82) is 0 Å². The number of carbonyl (C=O) groups excluding carboxylic acids is 1. The number of piperidine rings is 1. The highest BCUT2D eigenvalue weighted by Gasteiger charge is 2.21. The average Bonchev–Trinajstić information content (AvgIpc) is 3.27. The van der Waals surface area contributed by atoms with Gasteiger partial charge in [0.1, 0.15) is 5.82 Å². The molecular formula is C30H26BrN3O. The molecule has 0 saturated carbocycles. The lowest BCUT2D eigenvalue weighted by Crippen LogP contribution is -2.35. The average molecular weight is 524 g/mol. The van der Waals surface area contributed by atoms with Crippen molar-refractivity contribution < 1.29 is 4.79 Å². The third-order valence-electron chi connectivity index (χ3n) is 6.92. The molecule has 4 aromatic carbocycles. The number of likely N-dealkylation sites (tertiary alicyclic amines) is 1. The second-order valence-electron chi connectivity index (χ2n) is 9.23. The van der Waals surface area contributed by atoms with Gasteiger partial charge in [-0.25, -0.2) is 4.98 Å². The van der Waals surface area contributed by atoms with Crippen LogP contribution in [0.1, 0.15) is 35.2 Å². The molecule has 4 nitrogen and oxygen atoms in total. The summed E-state index contributed by atoms with van der Waals surface area (Å²) in [5, 5.41) is 2.36. The van der Waals surface area contributed by atoms with E-state index in [0.717, 1.165) is 58.4 Å². The molecule has 1 aromatic heterocycles. The lowest BCUT2D eigenvalue weighted by Gasteiger charge is -2.26. The molecule has 1 aliphatic rings. The van der Waals surface area contributed by atoms with E-state index in [1.807, 2.05) is 23.1 Å². The molecule has 5 heteroatoms. The number of hydrogen-bond acceptors (Lipinski definition) is 2. The van der Waals surface area contributed by atoms with E-state index in [1.165, 1.54) is 22.8 Å². The highest BCUT2D eigenvalue weighted by Crippen LogP contribution is 2.32. The largest absolute Gasteiger partial charge is 0.339 e. The van der Waals surface area contributed by atoms with Crippen LogP contribution in [0.2, 0.25) is 0 Å². The Morgan fingerprint density at radius 3 is 2.46 bits per heavy atom. The zero-order valence-corrected chi connectivity index (χ0v) is 21.0. The maximum absolute atomic E-state index is 13.3. The number of imidazole rings is 1. The zero-order valence-electron chi connectivity index (χ0n) is 19.5. The molecule has 5 aromatic rings. The molecule has 0 radical (unpaired) electrons. The Kier molecular flexibility index (Phi) is 5.86. The normalized spacial score (nSPS) is 14.0. The molecule has 0 atom stereocenters. The number of amides is 1. The first kappa shape index (κ1) is 22.1. The molecule has 1 fully saturated rings. The first-order valence-electron chi connectivity index (χ1n) is 12.2. The third-order valence-corrected chi connectivity index (χ3v) is 7.45. The van der Waals surface area contributed by atoms with E-state index in [0.29, 0.717) is 6.54 Å². The van der Waals surface area contributed by atoms with Crippen LogP contribution in [-0.2, 0) is 6.54 Å². The molecule has 0 aliphatic carbocycles. The summed E-state index contributed by atoms with van der Waals surface area (Å²) in [7, 11) is 0. The number of benzene rings is 4. The molecule has 6 rings (SSSR count). The Balaban J connectivity index is 1.52. The SMILES string of the molecule is O=C(c1ccc2nc(-c3cccc4ccccc34)n(Cc3ccc(Br)cc3)c2c1)N1CCCCC1. The van der Waals surface area contributed by atoms with Crippen LogP contribution in [0.5, 0.6) is 0 Å². The summed E-state index contributed by atoms with van der Waals surface area (Å²) in [5.41, 5.74) is 4.90. The predicted molar refractivity (Wildman–Crippen MR) is 146 cm³/mol. The molecule has 0 spiro atoms. The van der Waals surface area contributed by atoms with Gasteiger partial charge in [0.05, 0.1) is 11.0 Å². The van der Waals surface area contributed by atoms with Crippen molar-refractivity contribution in [3.05, 3.63) is 101 Å². The van der Waals surface area contributed by atoms with Gasteiger partial charge in [0.25, 0.3) is 5.91 Å². The lowest BCUT2D eigenvalue weighted by atomic mass is 10.0. The van der Waals surface area contributed by atoms with Crippen LogP contribution in [0.25, 0.3) is 33.2 Å². The Morgan fingerprint density at radius 1 is 0.857 bits per heavy atom. The smallest absolute Gasteiger partial charge is 0.253 e. The fourth-order valence-corrected chi connectivity index (χ4v) is 5.36. The van der Waals surface area contributed by atoms with Crippen molar-refractivity contribution in [3.63, 3.8) is 0 Å². The number of halogens is 1. The van der Waals surface area contributed by atoms with Crippen LogP contribution in [0.15, 0.2) is 89.4 Å². The molecule has 35 heavy (non-hydrogen) atoms. The summed E-state index contributed by atoms with van der Waals surface area (Å²) in [4.78, 5) is 20.4. The number of carbonyl (C=O) groups is 1. The molecule has 1 saturated heterocycles. The van der Waals surface area contributed by atoms with Gasteiger partial charge in [0, 0.05) is 35.2 Å². The van der Waals surface area contributed by atoms with Crippen molar-refractivity contribution in [2.24, 2.45) is 0 Å². The quantitative estimate of drug-likeness (QED) is 0.248. The number of hydrogen-bond donors (Lipinski definition) is 0. The van der Waals surface area contributed by atoms with Crippen molar-refractivity contribution in [3.8, 4) is 11.4 Å². The van der Waals surface area contributed by atoms with E-state index in [4.69, 9.17) is 4.98 Å². The van der Waals surface area contributed by atoms with Gasteiger partial charge in [0.2, 0.25) is 0 Å². The summed E-state index contributed by atoms with van der Waals surface area (Å²) >= 11 is 3.54. The predicted octanol–water partition coefficient (Wildman–Crippen LogP) is 7.29. The Morgan fingerprint density at radius 2 is 1.63 bits per heavy atom. The van der Waals surface area contributed by atoms with E-state index >= 15 is 0 Å². The molecule has 0 bridgehead atoms. The van der Waals surface area contributed by atoms with Crippen LogP contribution in [0.3, 0.4) is 0 Å². The van der Waals surface area contributed by atoms with Crippen molar-refractivity contribution in [2.75, 3.05) is 13.1 Å². The second kappa shape index (κ2) is 9.31. The van der Waals surface area contributed by atoms with E-state index in [1.54, 1.807) is 0 Å². The summed E-state index contributed by atoms with van der Waals surface area (Å²) < 4.78 is 3.31. The topological polar surface area (TPSA) is 38.1 Å². The Hall–Kier alpha value is -3.44.